The van der Waals surface area contributed by atoms with Crippen LogP contribution in [0.4, 0.5) is 24.5 Å². The Bertz CT molecular complexity index is 772. The first-order chi connectivity index (χ1) is 12.8. The van der Waals surface area contributed by atoms with E-state index in [4.69, 9.17) is 0 Å². The number of amides is 1. The maximum Gasteiger partial charge on any atom is 0.416 e. The highest BCUT2D eigenvalue weighted by atomic mass is 19.4. The Labute approximate surface area is 156 Å². The van der Waals surface area contributed by atoms with Gasteiger partial charge in [0.15, 0.2) is 0 Å². The molecule has 1 aliphatic heterocycles. The van der Waals surface area contributed by atoms with Gasteiger partial charge in [0, 0.05) is 37.6 Å². The van der Waals surface area contributed by atoms with E-state index in [1.165, 1.54) is 12.1 Å². The number of piperazine rings is 1. The molecular weight excluding hydrogens is 355 g/mol. The Hall–Kier alpha value is -2.54. The Morgan fingerprint density at radius 1 is 1.00 bits per heavy atom. The highest BCUT2D eigenvalue weighted by Crippen LogP contribution is 2.30. The summed E-state index contributed by atoms with van der Waals surface area (Å²) in [7, 11) is 0. The van der Waals surface area contributed by atoms with Crippen molar-refractivity contribution in [2.45, 2.75) is 19.1 Å². The lowest BCUT2D eigenvalue weighted by atomic mass is 10.1. The Kier molecular flexibility index (Phi) is 5.70. The van der Waals surface area contributed by atoms with Crippen LogP contribution < -0.4 is 10.2 Å². The second kappa shape index (κ2) is 8.00. The summed E-state index contributed by atoms with van der Waals surface area (Å²) in [6.07, 6.45) is -4.43. The van der Waals surface area contributed by atoms with Crippen molar-refractivity contribution in [1.82, 2.24) is 4.90 Å². The molecule has 1 atom stereocenters. The van der Waals surface area contributed by atoms with Gasteiger partial charge >= 0.3 is 6.18 Å². The average molecular weight is 377 g/mol. The molecule has 3 rings (SSSR count). The molecule has 0 spiro atoms. The lowest BCUT2D eigenvalue weighted by Crippen LogP contribution is -2.52. The van der Waals surface area contributed by atoms with Crippen molar-refractivity contribution in [3.05, 3.63) is 60.2 Å². The summed E-state index contributed by atoms with van der Waals surface area (Å²) in [4.78, 5) is 16.8. The lowest BCUT2D eigenvalue weighted by Gasteiger charge is -2.38. The van der Waals surface area contributed by atoms with E-state index in [1.54, 1.807) is 6.92 Å². The third-order valence-corrected chi connectivity index (χ3v) is 4.82. The second-order valence-corrected chi connectivity index (χ2v) is 6.60. The minimum Gasteiger partial charge on any atom is -0.369 e. The van der Waals surface area contributed by atoms with Gasteiger partial charge in [-0.3, -0.25) is 9.69 Å². The number of alkyl halides is 3. The average Bonchev–Trinajstić information content (AvgIpc) is 2.68. The molecule has 0 unspecified atom stereocenters. The molecule has 0 aromatic heterocycles. The molecule has 0 aliphatic carbocycles. The first-order valence-corrected chi connectivity index (χ1v) is 8.87. The molecule has 1 aliphatic rings. The van der Waals surface area contributed by atoms with Crippen molar-refractivity contribution in [2.75, 3.05) is 36.4 Å². The number of rotatable bonds is 4. The summed E-state index contributed by atoms with van der Waals surface area (Å²) in [5, 5.41) is 2.60. The van der Waals surface area contributed by atoms with Crippen molar-refractivity contribution in [3.8, 4) is 0 Å². The monoisotopic (exact) mass is 377 g/mol. The van der Waals surface area contributed by atoms with Crippen LogP contribution in [0.1, 0.15) is 12.5 Å². The fourth-order valence-corrected chi connectivity index (χ4v) is 3.19. The number of anilines is 2. The quantitative estimate of drug-likeness (QED) is 0.879. The van der Waals surface area contributed by atoms with Crippen LogP contribution in [-0.4, -0.2) is 43.0 Å². The number of carbonyl (C=O) groups is 1. The Morgan fingerprint density at radius 3 is 2.30 bits per heavy atom. The van der Waals surface area contributed by atoms with Crippen LogP contribution in [0.2, 0.25) is 0 Å². The molecule has 1 fully saturated rings. The van der Waals surface area contributed by atoms with E-state index < -0.39 is 17.8 Å². The van der Waals surface area contributed by atoms with Gasteiger partial charge in [-0.05, 0) is 37.3 Å². The molecule has 2 aromatic rings. The molecule has 144 valence electrons. The van der Waals surface area contributed by atoms with Crippen LogP contribution in [0, 0.1) is 0 Å². The van der Waals surface area contributed by atoms with Crippen LogP contribution in [0.5, 0.6) is 0 Å². The van der Waals surface area contributed by atoms with E-state index in [2.05, 4.69) is 22.3 Å². The van der Waals surface area contributed by atoms with E-state index >= 15 is 0 Å². The highest BCUT2D eigenvalue weighted by Gasteiger charge is 2.31. The van der Waals surface area contributed by atoms with Gasteiger partial charge < -0.3 is 10.2 Å². The number of hydrogen-bond acceptors (Lipinski definition) is 3. The molecule has 0 saturated carbocycles. The molecule has 1 N–H and O–H groups in total. The SMILES string of the molecule is C[C@H](C(=O)Nc1cccc(C(F)(F)F)c1)N1CCN(c2ccccc2)CC1. The van der Waals surface area contributed by atoms with Crippen LogP contribution >= 0.6 is 0 Å². The minimum atomic E-state index is -4.43. The van der Waals surface area contributed by atoms with Crippen LogP contribution in [0.25, 0.3) is 0 Å². The summed E-state index contributed by atoms with van der Waals surface area (Å²) < 4.78 is 38.4. The van der Waals surface area contributed by atoms with Crippen LogP contribution in [0.3, 0.4) is 0 Å². The summed E-state index contributed by atoms with van der Waals surface area (Å²) in [5.41, 5.74) is 0.534. The van der Waals surface area contributed by atoms with Gasteiger partial charge in [0.25, 0.3) is 0 Å². The van der Waals surface area contributed by atoms with Gasteiger partial charge in [-0.25, -0.2) is 0 Å². The first-order valence-electron chi connectivity index (χ1n) is 8.87. The molecular formula is C20H22F3N3O. The smallest absolute Gasteiger partial charge is 0.369 e. The maximum absolute atomic E-state index is 12.8. The molecule has 27 heavy (non-hydrogen) atoms. The van der Waals surface area contributed by atoms with Gasteiger partial charge in [0.1, 0.15) is 0 Å². The van der Waals surface area contributed by atoms with Gasteiger partial charge in [0.2, 0.25) is 5.91 Å². The van der Waals surface area contributed by atoms with Crippen molar-refractivity contribution in [2.24, 2.45) is 0 Å². The van der Waals surface area contributed by atoms with Crippen molar-refractivity contribution >= 4 is 17.3 Å². The first kappa shape index (κ1) is 19.2. The largest absolute Gasteiger partial charge is 0.416 e. The fourth-order valence-electron chi connectivity index (χ4n) is 3.19. The number of halogens is 3. The van der Waals surface area contributed by atoms with E-state index in [9.17, 15) is 18.0 Å². The van der Waals surface area contributed by atoms with Crippen molar-refractivity contribution < 1.29 is 18.0 Å². The zero-order chi connectivity index (χ0) is 19.4. The van der Waals surface area contributed by atoms with E-state index in [0.29, 0.717) is 13.1 Å². The third kappa shape index (κ3) is 4.80. The summed E-state index contributed by atoms with van der Waals surface area (Å²) >= 11 is 0. The number of hydrogen-bond donors (Lipinski definition) is 1. The highest BCUT2D eigenvalue weighted by molar-refractivity contribution is 5.94. The number of para-hydroxylation sites is 1. The zero-order valence-corrected chi connectivity index (χ0v) is 15.0. The minimum absolute atomic E-state index is 0.157. The molecule has 1 saturated heterocycles. The van der Waals surface area contributed by atoms with Gasteiger partial charge in [-0.2, -0.15) is 13.2 Å². The summed E-state index contributed by atoms with van der Waals surface area (Å²) in [6.45, 7) is 4.80. The van der Waals surface area contributed by atoms with Crippen LogP contribution in [0.15, 0.2) is 54.6 Å². The van der Waals surface area contributed by atoms with Gasteiger partial charge in [-0.1, -0.05) is 24.3 Å². The molecule has 0 bridgehead atoms. The van der Waals surface area contributed by atoms with Crippen molar-refractivity contribution in [1.29, 1.82) is 0 Å². The molecule has 1 amide bonds. The second-order valence-electron chi connectivity index (χ2n) is 6.60. The van der Waals surface area contributed by atoms with Crippen molar-refractivity contribution in [3.63, 3.8) is 0 Å². The summed E-state index contributed by atoms with van der Waals surface area (Å²) in [5.74, 6) is -0.303. The lowest BCUT2D eigenvalue weighted by molar-refractivity contribution is -0.137. The summed E-state index contributed by atoms with van der Waals surface area (Å²) in [6, 6.07) is 14.4. The Balaban J connectivity index is 1.57. The predicted octanol–water partition coefficient (Wildman–Crippen LogP) is 3.85. The third-order valence-electron chi connectivity index (χ3n) is 4.82. The van der Waals surface area contributed by atoms with Gasteiger partial charge in [-0.15, -0.1) is 0 Å². The number of nitrogens with zero attached hydrogens (tertiary/aromatic N) is 2. The molecule has 0 radical (unpaired) electrons. The number of carbonyl (C=O) groups excluding carboxylic acids is 1. The van der Waals surface area contributed by atoms with E-state index in [-0.39, 0.29) is 11.6 Å². The van der Waals surface area contributed by atoms with Gasteiger partial charge in [0.05, 0.1) is 11.6 Å². The maximum atomic E-state index is 12.8. The predicted molar refractivity (Wildman–Crippen MR) is 99.8 cm³/mol. The molecule has 4 nitrogen and oxygen atoms in total. The molecule has 7 heteroatoms. The normalized spacial score (nSPS) is 16.8. The number of benzene rings is 2. The Morgan fingerprint density at radius 2 is 1.67 bits per heavy atom. The van der Waals surface area contributed by atoms with Crippen LogP contribution in [-0.2, 0) is 11.0 Å². The molecule has 1 heterocycles. The molecule has 2 aromatic carbocycles. The zero-order valence-electron chi connectivity index (χ0n) is 15.0. The van der Waals surface area contributed by atoms with E-state index in [1.807, 2.05) is 23.1 Å². The van der Waals surface area contributed by atoms with E-state index in [0.717, 1.165) is 30.9 Å². The number of nitrogens with one attached hydrogen (secondary N) is 1. The fraction of sp³-hybridized carbons (Fsp3) is 0.350. The topological polar surface area (TPSA) is 35.6 Å². The standard InChI is InChI=1S/C20H22F3N3O/c1-15(19(27)24-17-7-5-6-16(14-17)20(21,22)23)25-10-12-26(13-11-25)18-8-3-2-4-9-18/h2-9,14-15H,10-13H2,1H3,(H,24,27)/t15-/m1/s1.